The number of nitrogens with zero attached hydrogens (tertiary/aromatic N) is 1. The first kappa shape index (κ1) is 17.4. The topological polar surface area (TPSA) is 74.7 Å². The molecule has 1 aromatic carbocycles. The second kappa shape index (κ2) is 6.89. The van der Waals surface area contributed by atoms with Crippen LogP contribution in [0, 0.1) is 0 Å². The predicted octanol–water partition coefficient (Wildman–Crippen LogP) is 3.22. The summed E-state index contributed by atoms with van der Waals surface area (Å²) < 4.78 is 26.1. The molecule has 1 N–H and O–H groups in total. The van der Waals surface area contributed by atoms with Crippen molar-refractivity contribution < 1.29 is 18.3 Å². The first-order chi connectivity index (χ1) is 9.21. The zero-order valence-corrected chi connectivity index (χ0v) is 14.2. The fraction of sp³-hybridized carbons (Fsp3) is 0.417. The molecule has 1 rings (SSSR count). The third-order valence-electron chi connectivity index (χ3n) is 2.77. The quantitative estimate of drug-likeness (QED) is 0.817. The largest absolute Gasteiger partial charge is 0.478 e. The molecule has 8 heteroatoms. The van der Waals surface area contributed by atoms with E-state index in [9.17, 15) is 13.2 Å². The average Bonchev–Trinajstić information content (AvgIpc) is 2.38. The second-order valence-electron chi connectivity index (χ2n) is 4.25. The van der Waals surface area contributed by atoms with Crippen molar-refractivity contribution in [2.24, 2.45) is 0 Å². The Morgan fingerprint density at radius 2 is 2.05 bits per heavy atom. The number of hydrogen-bond donors (Lipinski definition) is 1. The van der Waals surface area contributed by atoms with Gasteiger partial charge in [0.15, 0.2) is 0 Å². The molecule has 1 aromatic rings. The zero-order chi connectivity index (χ0) is 15.5. The van der Waals surface area contributed by atoms with Gasteiger partial charge < -0.3 is 5.11 Å². The van der Waals surface area contributed by atoms with Crippen molar-refractivity contribution in [3.05, 3.63) is 27.2 Å². The normalized spacial score (nSPS) is 11.8. The van der Waals surface area contributed by atoms with E-state index in [1.807, 2.05) is 6.92 Å². The maximum Gasteiger partial charge on any atom is 0.337 e. The number of rotatable bonds is 6. The number of carbonyl (C=O) groups is 1. The van der Waals surface area contributed by atoms with Gasteiger partial charge in [-0.3, -0.25) is 0 Å². The van der Waals surface area contributed by atoms with Crippen molar-refractivity contribution in [3.8, 4) is 0 Å². The van der Waals surface area contributed by atoms with Gasteiger partial charge in [0.1, 0.15) is 0 Å². The second-order valence-corrected chi connectivity index (χ2v) is 7.53. The van der Waals surface area contributed by atoms with E-state index in [4.69, 9.17) is 16.7 Å². The molecular weight excluding hydrogens is 370 g/mol. The Hall–Kier alpha value is -0.630. The lowest BCUT2D eigenvalue weighted by atomic mass is 10.2. The van der Waals surface area contributed by atoms with E-state index >= 15 is 0 Å². The molecule has 0 saturated heterocycles. The summed E-state index contributed by atoms with van der Waals surface area (Å²) >= 11 is 8.92. The minimum absolute atomic E-state index is 0.0207. The number of carboxylic acid groups (broad SMARTS) is 1. The smallest absolute Gasteiger partial charge is 0.337 e. The first-order valence-electron chi connectivity index (χ1n) is 5.90. The Labute approximate surface area is 131 Å². The molecule has 0 aliphatic rings. The van der Waals surface area contributed by atoms with Crippen LogP contribution < -0.4 is 0 Å². The molecule has 0 heterocycles. The van der Waals surface area contributed by atoms with E-state index in [1.165, 1.54) is 17.4 Å². The zero-order valence-electron chi connectivity index (χ0n) is 11.1. The minimum atomic E-state index is -3.73. The van der Waals surface area contributed by atoms with Gasteiger partial charge >= 0.3 is 5.97 Å². The molecule has 0 radical (unpaired) electrons. The number of sulfonamides is 1. The Bertz CT molecular complexity index is 618. The Balaban J connectivity index is 3.29. The van der Waals surface area contributed by atoms with E-state index in [-0.39, 0.29) is 20.0 Å². The van der Waals surface area contributed by atoms with Crippen molar-refractivity contribution in [2.75, 3.05) is 13.6 Å². The molecule has 0 aromatic heterocycles. The van der Waals surface area contributed by atoms with Crippen LogP contribution in [-0.4, -0.2) is 37.4 Å². The Kier molecular flexibility index (Phi) is 6.00. The summed E-state index contributed by atoms with van der Waals surface area (Å²) in [6, 6.07) is 2.39. The number of halogens is 2. The minimum Gasteiger partial charge on any atom is -0.478 e. The van der Waals surface area contributed by atoms with Crippen LogP contribution in [0.15, 0.2) is 21.5 Å². The van der Waals surface area contributed by atoms with Crippen LogP contribution in [0.3, 0.4) is 0 Å². The molecule has 0 saturated carbocycles. The number of hydrogen-bond acceptors (Lipinski definition) is 3. The average molecular weight is 385 g/mol. The third kappa shape index (κ3) is 3.72. The van der Waals surface area contributed by atoms with E-state index in [0.29, 0.717) is 6.54 Å². The van der Waals surface area contributed by atoms with Gasteiger partial charge in [-0.15, -0.1) is 0 Å². The molecular formula is C12H15BrClNO4S. The SMILES string of the molecule is CCCCN(C)S(=O)(=O)c1cc(Br)c(Cl)c(C(=O)O)c1. The number of benzene rings is 1. The van der Waals surface area contributed by atoms with Crippen LogP contribution in [0.5, 0.6) is 0 Å². The lowest BCUT2D eigenvalue weighted by Gasteiger charge is -2.17. The van der Waals surface area contributed by atoms with Gasteiger partial charge in [-0.25, -0.2) is 17.5 Å². The summed E-state index contributed by atoms with van der Waals surface area (Å²) in [7, 11) is -2.26. The van der Waals surface area contributed by atoms with Crippen molar-refractivity contribution >= 4 is 43.5 Å². The molecule has 5 nitrogen and oxygen atoms in total. The van der Waals surface area contributed by atoms with E-state index < -0.39 is 16.0 Å². The van der Waals surface area contributed by atoms with Crippen LogP contribution in [-0.2, 0) is 10.0 Å². The maximum atomic E-state index is 12.3. The fourth-order valence-electron chi connectivity index (χ4n) is 1.55. The molecule has 0 atom stereocenters. The summed E-state index contributed by atoms with van der Waals surface area (Å²) in [5.41, 5.74) is -0.247. The molecule has 0 bridgehead atoms. The van der Waals surface area contributed by atoms with E-state index in [0.717, 1.165) is 18.9 Å². The Morgan fingerprint density at radius 3 is 2.55 bits per heavy atom. The van der Waals surface area contributed by atoms with Gasteiger partial charge in [-0.1, -0.05) is 24.9 Å². The van der Waals surface area contributed by atoms with Crippen LogP contribution in [0.1, 0.15) is 30.1 Å². The highest BCUT2D eigenvalue weighted by molar-refractivity contribution is 9.10. The molecule has 0 unspecified atom stereocenters. The first-order valence-corrected chi connectivity index (χ1v) is 8.51. The van der Waals surface area contributed by atoms with Gasteiger partial charge in [0, 0.05) is 18.1 Å². The number of carboxylic acids is 1. The molecule has 0 amide bonds. The third-order valence-corrected chi connectivity index (χ3v) is 5.86. The highest BCUT2D eigenvalue weighted by atomic mass is 79.9. The lowest BCUT2D eigenvalue weighted by Crippen LogP contribution is -2.28. The monoisotopic (exact) mass is 383 g/mol. The van der Waals surface area contributed by atoms with Crippen LogP contribution in [0.4, 0.5) is 0 Å². The summed E-state index contributed by atoms with van der Waals surface area (Å²) in [4.78, 5) is 11.0. The summed E-state index contributed by atoms with van der Waals surface area (Å²) in [6.45, 7) is 2.34. The molecule has 112 valence electrons. The van der Waals surface area contributed by atoms with Gasteiger partial charge in [0.05, 0.1) is 15.5 Å². The fourth-order valence-corrected chi connectivity index (χ4v) is 3.61. The maximum absolute atomic E-state index is 12.3. The summed E-state index contributed by atoms with van der Waals surface area (Å²) in [6.07, 6.45) is 1.60. The summed E-state index contributed by atoms with van der Waals surface area (Å²) in [5.74, 6) is -1.27. The van der Waals surface area contributed by atoms with Crippen LogP contribution >= 0.6 is 27.5 Å². The van der Waals surface area contributed by atoms with Gasteiger partial charge in [0.25, 0.3) is 0 Å². The van der Waals surface area contributed by atoms with Crippen molar-refractivity contribution in [2.45, 2.75) is 24.7 Å². The van der Waals surface area contributed by atoms with Crippen LogP contribution in [0.2, 0.25) is 5.02 Å². The van der Waals surface area contributed by atoms with E-state index in [2.05, 4.69) is 15.9 Å². The lowest BCUT2D eigenvalue weighted by molar-refractivity contribution is 0.0696. The highest BCUT2D eigenvalue weighted by Gasteiger charge is 2.24. The molecule has 0 aliphatic heterocycles. The van der Waals surface area contributed by atoms with Crippen LogP contribution in [0.25, 0.3) is 0 Å². The van der Waals surface area contributed by atoms with Gasteiger partial charge in [-0.2, -0.15) is 0 Å². The highest BCUT2D eigenvalue weighted by Crippen LogP contribution is 2.30. The van der Waals surface area contributed by atoms with Crippen molar-refractivity contribution in [1.82, 2.24) is 4.31 Å². The number of aromatic carboxylic acids is 1. The Morgan fingerprint density at radius 1 is 1.45 bits per heavy atom. The van der Waals surface area contributed by atoms with Crippen molar-refractivity contribution in [3.63, 3.8) is 0 Å². The molecule has 20 heavy (non-hydrogen) atoms. The molecule has 0 fully saturated rings. The van der Waals surface area contributed by atoms with Crippen molar-refractivity contribution in [1.29, 1.82) is 0 Å². The van der Waals surface area contributed by atoms with Gasteiger partial charge in [-0.05, 0) is 34.5 Å². The summed E-state index contributed by atoms with van der Waals surface area (Å²) in [5, 5.41) is 9.03. The standard InChI is InChI=1S/C12H15BrClNO4S/c1-3-4-5-15(2)20(18,19)8-6-9(12(16)17)11(14)10(13)7-8/h6-7H,3-5H2,1-2H3,(H,16,17). The molecule has 0 aliphatic carbocycles. The van der Waals surface area contributed by atoms with Gasteiger partial charge in [0.2, 0.25) is 10.0 Å². The van der Waals surface area contributed by atoms with E-state index in [1.54, 1.807) is 0 Å². The molecule has 0 spiro atoms. The number of unbranched alkanes of at least 4 members (excludes halogenated alkanes) is 1. The predicted molar refractivity (Wildman–Crippen MR) is 80.8 cm³/mol.